The minimum absolute atomic E-state index is 0.679. The lowest BCUT2D eigenvalue weighted by molar-refractivity contribution is 0.278. The van der Waals surface area contributed by atoms with Crippen molar-refractivity contribution in [2.24, 2.45) is 0 Å². The van der Waals surface area contributed by atoms with Gasteiger partial charge in [-0.25, -0.2) is 0 Å². The Morgan fingerprint density at radius 3 is 3.00 bits per heavy atom. The van der Waals surface area contributed by atoms with Crippen LogP contribution in [0.4, 0.5) is 0 Å². The molecule has 1 heteroatoms. The van der Waals surface area contributed by atoms with Crippen molar-refractivity contribution in [1.29, 1.82) is 0 Å². The smallest absolute Gasteiger partial charge is 0.119 e. The van der Waals surface area contributed by atoms with E-state index in [1.165, 1.54) is 0 Å². The molecule has 0 atom stereocenters. The summed E-state index contributed by atoms with van der Waals surface area (Å²) >= 11 is 0. The summed E-state index contributed by atoms with van der Waals surface area (Å²) in [7, 11) is 0. The first kappa shape index (κ1) is 6.14. The van der Waals surface area contributed by atoms with Crippen molar-refractivity contribution >= 4 is 0 Å². The van der Waals surface area contributed by atoms with Crippen LogP contribution in [0.1, 0.15) is 6.92 Å². The second-order valence-corrected chi connectivity index (χ2v) is 1.89. The number of hydrogen-bond donors (Lipinski definition) is 0. The molecule has 1 aliphatic rings. The Hall–Kier alpha value is -0.980. The molecule has 0 saturated heterocycles. The van der Waals surface area contributed by atoms with Crippen molar-refractivity contribution in [3.05, 3.63) is 36.1 Å². The molecule has 0 aromatic rings. The van der Waals surface area contributed by atoms with E-state index in [0.29, 0.717) is 6.61 Å². The van der Waals surface area contributed by atoms with Crippen molar-refractivity contribution < 1.29 is 4.74 Å². The summed E-state index contributed by atoms with van der Waals surface area (Å²) in [6.45, 7) is 6.37. The van der Waals surface area contributed by atoms with E-state index in [9.17, 15) is 0 Å². The molecule has 1 heterocycles. The van der Waals surface area contributed by atoms with E-state index in [1.807, 2.05) is 25.2 Å². The predicted octanol–water partition coefficient (Wildman–Crippen LogP) is 2.03. The number of allylic oxidation sites excluding steroid dienone is 2. The summed E-state index contributed by atoms with van der Waals surface area (Å²) in [5, 5.41) is 0. The molecule has 0 fully saturated rings. The number of ether oxygens (including phenoxy) is 1. The van der Waals surface area contributed by atoms with Crippen LogP contribution in [0.15, 0.2) is 36.1 Å². The fourth-order valence-corrected chi connectivity index (χ4v) is 0.770. The third kappa shape index (κ3) is 1.22. The van der Waals surface area contributed by atoms with Gasteiger partial charge in [0.2, 0.25) is 0 Å². The summed E-state index contributed by atoms with van der Waals surface area (Å²) in [4.78, 5) is 0. The molecule has 0 radical (unpaired) electrons. The van der Waals surface area contributed by atoms with E-state index in [2.05, 4.69) is 6.58 Å². The molecular weight excluding hydrogens is 112 g/mol. The molecule has 0 aromatic carbocycles. The van der Waals surface area contributed by atoms with Gasteiger partial charge in [-0.3, -0.25) is 0 Å². The average Bonchev–Trinajstić information content (AvgIpc) is 2.18. The zero-order valence-corrected chi connectivity index (χ0v) is 5.55. The Kier molecular flexibility index (Phi) is 1.73. The highest BCUT2D eigenvalue weighted by molar-refractivity contribution is 5.36. The molecule has 0 amide bonds. The van der Waals surface area contributed by atoms with E-state index in [0.717, 1.165) is 11.3 Å². The summed E-state index contributed by atoms with van der Waals surface area (Å²) in [6.07, 6.45) is 5.99. The fourth-order valence-electron chi connectivity index (χ4n) is 0.770. The third-order valence-electron chi connectivity index (χ3n) is 1.23. The van der Waals surface area contributed by atoms with Crippen LogP contribution in [-0.4, -0.2) is 6.61 Å². The maximum atomic E-state index is 5.08. The Labute approximate surface area is 55.3 Å². The number of rotatable bonds is 1. The van der Waals surface area contributed by atoms with Crippen LogP contribution in [-0.2, 0) is 4.74 Å². The predicted molar refractivity (Wildman–Crippen MR) is 38.0 cm³/mol. The summed E-state index contributed by atoms with van der Waals surface area (Å²) in [5.41, 5.74) is 1.11. The second kappa shape index (κ2) is 2.53. The van der Waals surface area contributed by atoms with Gasteiger partial charge < -0.3 is 4.74 Å². The van der Waals surface area contributed by atoms with Gasteiger partial charge in [0.05, 0.1) is 0 Å². The monoisotopic (exact) mass is 122 g/mol. The van der Waals surface area contributed by atoms with Gasteiger partial charge in [0.25, 0.3) is 0 Å². The molecular formula is C8H10O. The molecule has 0 N–H and O–H groups in total. The van der Waals surface area contributed by atoms with Gasteiger partial charge in [-0.15, -0.1) is 0 Å². The zero-order valence-electron chi connectivity index (χ0n) is 5.55. The van der Waals surface area contributed by atoms with Crippen LogP contribution >= 0.6 is 0 Å². The quantitative estimate of drug-likeness (QED) is 0.517. The van der Waals surface area contributed by atoms with Gasteiger partial charge in [0, 0.05) is 5.57 Å². The minimum Gasteiger partial charge on any atom is -0.490 e. The van der Waals surface area contributed by atoms with Gasteiger partial charge in [-0.2, -0.15) is 0 Å². The SMILES string of the molecule is C=C1OCC=C1C=CC. The molecule has 48 valence electrons. The van der Waals surface area contributed by atoms with Crippen LogP contribution in [0.2, 0.25) is 0 Å². The van der Waals surface area contributed by atoms with E-state index in [4.69, 9.17) is 4.74 Å². The Morgan fingerprint density at radius 2 is 2.56 bits per heavy atom. The van der Waals surface area contributed by atoms with Crippen LogP contribution < -0.4 is 0 Å². The average molecular weight is 122 g/mol. The highest BCUT2D eigenvalue weighted by Gasteiger charge is 2.04. The number of hydrogen-bond acceptors (Lipinski definition) is 1. The molecule has 0 aliphatic carbocycles. The highest BCUT2D eigenvalue weighted by atomic mass is 16.5. The maximum absolute atomic E-state index is 5.08. The van der Waals surface area contributed by atoms with Crippen molar-refractivity contribution in [3.8, 4) is 0 Å². The van der Waals surface area contributed by atoms with Crippen LogP contribution in [0, 0.1) is 0 Å². The topological polar surface area (TPSA) is 9.23 Å². The van der Waals surface area contributed by atoms with E-state index >= 15 is 0 Å². The third-order valence-corrected chi connectivity index (χ3v) is 1.23. The molecule has 9 heavy (non-hydrogen) atoms. The lowest BCUT2D eigenvalue weighted by Crippen LogP contribution is -1.79. The Bertz CT molecular complexity index is 175. The Balaban J connectivity index is 2.68. The summed E-state index contributed by atoms with van der Waals surface area (Å²) in [6, 6.07) is 0. The van der Waals surface area contributed by atoms with Crippen molar-refractivity contribution in [2.45, 2.75) is 6.92 Å². The first-order chi connectivity index (χ1) is 4.34. The molecule has 0 aromatic heterocycles. The standard InChI is InChI=1S/C8H10O/c1-3-4-8-5-6-9-7(8)2/h3-5H,2,6H2,1H3. The first-order valence-corrected chi connectivity index (χ1v) is 2.99. The first-order valence-electron chi connectivity index (χ1n) is 2.99. The maximum Gasteiger partial charge on any atom is 0.119 e. The van der Waals surface area contributed by atoms with Crippen molar-refractivity contribution in [1.82, 2.24) is 0 Å². The largest absolute Gasteiger partial charge is 0.490 e. The lowest BCUT2D eigenvalue weighted by atomic mass is 10.2. The normalized spacial score (nSPS) is 18.3. The summed E-state index contributed by atoms with van der Waals surface area (Å²) < 4.78 is 5.08. The second-order valence-electron chi connectivity index (χ2n) is 1.89. The highest BCUT2D eigenvalue weighted by Crippen LogP contribution is 2.16. The zero-order chi connectivity index (χ0) is 6.69. The van der Waals surface area contributed by atoms with E-state index < -0.39 is 0 Å². The van der Waals surface area contributed by atoms with Crippen LogP contribution in [0.3, 0.4) is 0 Å². The van der Waals surface area contributed by atoms with Gasteiger partial charge in [-0.1, -0.05) is 18.7 Å². The molecule has 1 rings (SSSR count). The van der Waals surface area contributed by atoms with Crippen molar-refractivity contribution in [2.75, 3.05) is 6.61 Å². The van der Waals surface area contributed by atoms with E-state index in [-0.39, 0.29) is 0 Å². The fraction of sp³-hybridized carbons (Fsp3) is 0.250. The minimum atomic E-state index is 0.679. The van der Waals surface area contributed by atoms with Gasteiger partial charge >= 0.3 is 0 Å². The molecule has 1 aliphatic heterocycles. The summed E-state index contributed by atoms with van der Waals surface area (Å²) in [5.74, 6) is 0.785. The lowest BCUT2D eigenvalue weighted by Gasteiger charge is -1.95. The van der Waals surface area contributed by atoms with E-state index in [1.54, 1.807) is 0 Å². The van der Waals surface area contributed by atoms with Crippen LogP contribution in [0.5, 0.6) is 0 Å². The molecule has 0 saturated carbocycles. The molecule has 1 nitrogen and oxygen atoms in total. The molecule has 0 bridgehead atoms. The Morgan fingerprint density at radius 1 is 1.78 bits per heavy atom. The van der Waals surface area contributed by atoms with Gasteiger partial charge in [0.1, 0.15) is 12.4 Å². The van der Waals surface area contributed by atoms with Gasteiger partial charge in [-0.05, 0) is 13.0 Å². The molecule has 0 spiro atoms. The molecule has 0 unspecified atom stereocenters. The van der Waals surface area contributed by atoms with Crippen molar-refractivity contribution in [3.63, 3.8) is 0 Å². The van der Waals surface area contributed by atoms with Crippen LogP contribution in [0.25, 0.3) is 0 Å². The van der Waals surface area contributed by atoms with Gasteiger partial charge in [0.15, 0.2) is 0 Å².